The molecule has 5 heteroatoms. The summed E-state index contributed by atoms with van der Waals surface area (Å²) >= 11 is 5.80. The van der Waals surface area contributed by atoms with Crippen LogP contribution in [0.2, 0.25) is 0 Å². The quantitative estimate of drug-likeness (QED) is 0.713. The van der Waals surface area contributed by atoms with Crippen molar-refractivity contribution < 1.29 is 9.26 Å². The molecule has 0 aliphatic rings. The molecule has 1 aromatic heterocycles. The molecule has 2 atom stereocenters. The summed E-state index contributed by atoms with van der Waals surface area (Å²) in [6.45, 7) is 3.87. The van der Waals surface area contributed by atoms with Crippen molar-refractivity contribution in [3.8, 4) is 0 Å². The van der Waals surface area contributed by atoms with Gasteiger partial charge in [0.1, 0.15) is 11.5 Å². The van der Waals surface area contributed by atoms with Gasteiger partial charge in [-0.15, -0.1) is 11.6 Å². The number of hydrogen-bond acceptors (Lipinski definition) is 4. The normalized spacial score (nSPS) is 15.4. The van der Waals surface area contributed by atoms with Gasteiger partial charge in [-0.1, -0.05) is 18.5 Å². The zero-order valence-corrected chi connectivity index (χ0v) is 9.41. The summed E-state index contributed by atoms with van der Waals surface area (Å²) in [7, 11) is 1.64. The standard InChI is InChI=1S/C9H15ClN2O2/c1-4-5-7(13-3)8-11-9(6(2)10)14-12-8/h6-7H,4-5H2,1-3H3. The Bertz CT molecular complexity index is 276. The molecule has 0 saturated carbocycles. The fourth-order valence-electron chi connectivity index (χ4n) is 1.15. The number of halogens is 1. The third-order valence-corrected chi connectivity index (χ3v) is 2.11. The molecule has 0 saturated heterocycles. The average Bonchev–Trinajstić information content (AvgIpc) is 2.63. The Balaban J connectivity index is 2.73. The first-order valence-electron chi connectivity index (χ1n) is 4.69. The van der Waals surface area contributed by atoms with Crippen molar-refractivity contribution in [2.75, 3.05) is 7.11 Å². The van der Waals surface area contributed by atoms with E-state index in [0.29, 0.717) is 11.7 Å². The third kappa shape index (κ3) is 2.69. The van der Waals surface area contributed by atoms with Gasteiger partial charge < -0.3 is 9.26 Å². The van der Waals surface area contributed by atoms with Gasteiger partial charge in [0.2, 0.25) is 11.7 Å². The van der Waals surface area contributed by atoms with E-state index in [4.69, 9.17) is 20.9 Å². The van der Waals surface area contributed by atoms with Gasteiger partial charge in [-0.2, -0.15) is 4.98 Å². The summed E-state index contributed by atoms with van der Waals surface area (Å²) < 4.78 is 10.2. The van der Waals surface area contributed by atoms with E-state index < -0.39 is 0 Å². The molecule has 1 heterocycles. The van der Waals surface area contributed by atoms with E-state index in [1.165, 1.54) is 0 Å². The topological polar surface area (TPSA) is 48.2 Å². The number of aromatic nitrogens is 2. The van der Waals surface area contributed by atoms with E-state index in [9.17, 15) is 0 Å². The smallest absolute Gasteiger partial charge is 0.244 e. The lowest BCUT2D eigenvalue weighted by Gasteiger charge is -2.08. The summed E-state index contributed by atoms with van der Waals surface area (Å²) in [5.41, 5.74) is 0. The molecule has 0 N–H and O–H groups in total. The van der Waals surface area contributed by atoms with Crippen molar-refractivity contribution in [2.24, 2.45) is 0 Å². The van der Waals surface area contributed by atoms with Gasteiger partial charge in [-0.05, 0) is 13.3 Å². The SMILES string of the molecule is CCCC(OC)c1noc(C(C)Cl)n1. The summed E-state index contributed by atoms with van der Waals surface area (Å²) in [5, 5.41) is 3.58. The van der Waals surface area contributed by atoms with Crippen LogP contribution in [0.4, 0.5) is 0 Å². The van der Waals surface area contributed by atoms with Crippen molar-refractivity contribution in [2.45, 2.75) is 38.2 Å². The fourth-order valence-corrected chi connectivity index (χ4v) is 1.24. The van der Waals surface area contributed by atoms with Gasteiger partial charge >= 0.3 is 0 Å². The molecule has 0 aliphatic heterocycles. The van der Waals surface area contributed by atoms with Crippen molar-refractivity contribution in [1.29, 1.82) is 0 Å². The molecule has 0 bridgehead atoms. The van der Waals surface area contributed by atoms with Crippen LogP contribution in [0, 0.1) is 0 Å². The summed E-state index contributed by atoms with van der Waals surface area (Å²) in [6.07, 6.45) is 1.80. The Morgan fingerprint density at radius 1 is 1.57 bits per heavy atom. The van der Waals surface area contributed by atoms with Crippen molar-refractivity contribution in [1.82, 2.24) is 10.1 Å². The Morgan fingerprint density at radius 3 is 2.71 bits per heavy atom. The van der Waals surface area contributed by atoms with Crippen LogP contribution in [0.25, 0.3) is 0 Å². The van der Waals surface area contributed by atoms with Gasteiger partial charge in [-0.25, -0.2) is 0 Å². The van der Waals surface area contributed by atoms with Crippen LogP contribution in [0.1, 0.15) is 49.9 Å². The maximum Gasteiger partial charge on any atom is 0.244 e. The van der Waals surface area contributed by atoms with Crippen LogP contribution in [-0.2, 0) is 4.74 Å². The van der Waals surface area contributed by atoms with E-state index in [0.717, 1.165) is 12.8 Å². The highest BCUT2D eigenvalue weighted by atomic mass is 35.5. The van der Waals surface area contributed by atoms with E-state index >= 15 is 0 Å². The number of rotatable bonds is 5. The average molecular weight is 219 g/mol. The molecule has 0 amide bonds. The van der Waals surface area contributed by atoms with Gasteiger partial charge in [0, 0.05) is 7.11 Å². The molecule has 2 unspecified atom stereocenters. The number of methoxy groups -OCH3 is 1. The minimum Gasteiger partial charge on any atom is -0.373 e. The second-order valence-electron chi connectivity index (χ2n) is 3.12. The summed E-state index contributed by atoms with van der Waals surface area (Å²) in [6, 6.07) is 0. The number of nitrogens with zero attached hydrogens (tertiary/aromatic N) is 2. The zero-order valence-electron chi connectivity index (χ0n) is 8.66. The lowest BCUT2D eigenvalue weighted by molar-refractivity contribution is 0.0854. The molecule has 0 fully saturated rings. The first kappa shape index (κ1) is 11.5. The monoisotopic (exact) mass is 218 g/mol. The lowest BCUT2D eigenvalue weighted by atomic mass is 10.2. The molecule has 4 nitrogen and oxygen atoms in total. The molecule has 1 aromatic rings. The highest BCUT2D eigenvalue weighted by Gasteiger charge is 2.18. The highest BCUT2D eigenvalue weighted by Crippen LogP contribution is 2.22. The van der Waals surface area contributed by atoms with E-state index in [2.05, 4.69) is 17.1 Å². The van der Waals surface area contributed by atoms with Crippen molar-refractivity contribution in [3.63, 3.8) is 0 Å². The van der Waals surface area contributed by atoms with Crippen LogP contribution >= 0.6 is 11.6 Å². The minimum absolute atomic E-state index is 0.0899. The summed E-state index contributed by atoms with van der Waals surface area (Å²) in [4.78, 5) is 4.16. The predicted octanol–water partition coefficient (Wildman–Crippen LogP) is 2.86. The van der Waals surface area contributed by atoms with Crippen LogP contribution in [-0.4, -0.2) is 17.3 Å². The first-order valence-corrected chi connectivity index (χ1v) is 5.13. The molecule has 14 heavy (non-hydrogen) atoms. The number of alkyl halides is 1. The molecule has 1 rings (SSSR count). The summed E-state index contributed by atoms with van der Waals surface area (Å²) in [5.74, 6) is 1.02. The minimum atomic E-state index is -0.254. The zero-order chi connectivity index (χ0) is 10.6. The number of hydrogen-bond donors (Lipinski definition) is 0. The van der Waals surface area contributed by atoms with Crippen LogP contribution in [0.15, 0.2) is 4.52 Å². The third-order valence-electron chi connectivity index (χ3n) is 1.92. The van der Waals surface area contributed by atoms with Gasteiger partial charge in [0.25, 0.3) is 0 Å². The Morgan fingerprint density at radius 2 is 2.29 bits per heavy atom. The van der Waals surface area contributed by atoms with Crippen molar-refractivity contribution >= 4 is 11.6 Å². The van der Waals surface area contributed by atoms with Crippen molar-refractivity contribution in [3.05, 3.63) is 11.7 Å². The van der Waals surface area contributed by atoms with E-state index in [1.807, 2.05) is 0 Å². The maximum absolute atomic E-state index is 5.80. The molecule has 0 aliphatic carbocycles. The van der Waals surface area contributed by atoms with Gasteiger partial charge in [-0.3, -0.25) is 0 Å². The lowest BCUT2D eigenvalue weighted by Crippen LogP contribution is -2.03. The largest absolute Gasteiger partial charge is 0.373 e. The number of ether oxygens (including phenoxy) is 1. The van der Waals surface area contributed by atoms with E-state index in [1.54, 1.807) is 14.0 Å². The predicted molar refractivity (Wildman–Crippen MR) is 53.2 cm³/mol. The molecule has 0 aromatic carbocycles. The molecule has 80 valence electrons. The maximum atomic E-state index is 5.80. The van der Waals surface area contributed by atoms with E-state index in [-0.39, 0.29) is 11.5 Å². The fraction of sp³-hybridized carbons (Fsp3) is 0.778. The van der Waals surface area contributed by atoms with Crippen LogP contribution in [0.5, 0.6) is 0 Å². The van der Waals surface area contributed by atoms with Crippen LogP contribution < -0.4 is 0 Å². The first-order chi connectivity index (χ1) is 6.69. The Kier molecular flexibility index (Phi) is 4.35. The Hall–Kier alpha value is -0.610. The van der Waals surface area contributed by atoms with Crippen LogP contribution in [0.3, 0.4) is 0 Å². The molecular weight excluding hydrogens is 204 g/mol. The Labute approximate surface area is 88.6 Å². The highest BCUT2D eigenvalue weighted by molar-refractivity contribution is 6.20. The van der Waals surface area contributed by atoms with Gasteiger partial charge in [0.05, 0.1) is 0 Å². The molecule has 0 spiro atoms. The second-order valence-corrected chi connectivity index (χ2v) is 3.77. The molecule has 0 radical (unpaired) electrons. The molecular formula is C9H15ClN2O2. The second kappa shape index (κ2) is 5.32. The van der Waals surface area contributed by atoms with Gasteiger partial charge in [0.15, 0.2) is 0 Å².